The van der Waals surface area contributed by atoms with Crippen molar-refractivity contribution in [2.75, 3.05) is 0 Å². The predicted molar refractivity (Wildman–Crippen MR) is 84.4 cm³/mol. The molecule has 0 atom stereocenters. The molecule has 1 heterocycles. The number of benzene rings is 1. The second kappa shape index (κ2) is 6.57. The van der Waals surface area contributed by atoms with E-state index in [1.165, 1.54) is 0 Å². The molecule has 1 N–H and O–H groups in total. The summed E-state index contributed by atoms with van der Waals surface area (Å²) in [6, 6.07) is 9.96. The molecule has 1 aromatic heterocycles. The average Bonchev–Trinajstić information content (AvgIpc) is 2.95. The highest BCUT2D eigenvalue weighted by atomic mass is 16.1. The van der Waals surface area contributed by atoms with Crippen molar-refractivity contribution in [3.8, 4) is 5.69 Å². The van der Waals surface area contributed by atoms with Gasteiger partial charge in [-0.25, -0.2) is 4.68 Å². The van der Waals surface area contributed by atoms with Gasteiger partial charge >= 0.3 is 0 Å². The van der Waals surface area contributed by atoms with Crippen molar-refractivity contribution in [3.63, 3.8) is 0 Å². The highest BCUT2D eigenvalue weighted by Crippen LogP contribution is 2.11. The minimum atomic E-state index is -0.134. The van der Waals surface area contributed by atoms with E-state index in [1.54, 1.807) is 0 Å². The maximum absolute atomic E-state index is 11.9. The minimum Gasteiger partial charge on any atom is -0.351 e. The van der Waals surface area contributed by atoms with Crippen LogP contribution in [0.3, 0.4) is 0 Å². The van der Waals surface area contributed by atoms with Gasteiger partial charge in [-0.15, -0.1) is 0 Å². The zero-order valence-corrected chi connectivity index (χ0v) is 13.0. The van der Waals surface area contributed by atoms with Crippen LogP contribution in [-0.2, 0) is 11.2 Å². The van der Waals surface area contributed by atoms with E-state index in [9.17, 15) is 4.79 Å². The predicted octanol–water partition coefficient (Wildman–Crippen LogP) is 3.11. The quantitative estimate of drug-likeness (QED) is 0.886. The molecule has 0 aliphatic heterocycles. The van der Waals surface area contributed by atoms with Crippen LogP contribution >= 0.6 is 0 Å². The Hall–Kier alpha value is -2.10. The number of para-hydroxylation sites is 1. The molecule has 4 nitrogen and oxygen atoms in total. The first-order valence-corrected chi connectivity index (χ1v) is 7.40. The van der Waals surface area contributed by atoms with Gasteiger partial charge in [0.2, 0.25) is 5.91 Å². The molecule has 0 bridgehead atoms. The van der Waals surface area contributed by atoms with E-state index in [2.05, 4.69) is 17.3 Å². The van der Waals surface area contributed by atoms with Gasteiger partial charge < -0.3 is 5.32 Å². The molecule has 4 heteroatoms. The van der Waals surface area contributed by atoms with Crippen LogP contribution in [0, 0.1) is 0 Å². The Morgan fingerprint density at radius 3 is 2.67 bits per heavy atom. The smallest absolute Gasteiger partial charge is 0.220 e. The fraction of sp³-hybridized carbons (Fsp3) is 0.412. The van der Waals surface area contributed by atoms with E-state index in [0.29, 0.717) is 12.8 Å². The van der Waals surface area contributed by atoms with Crippen LogP contribution in [0.15, 0.2) is 42.7 Å². The number of hydrogen-bond acceptors (Lipinski definition) is 2. The monoisotopic (exact) mass is 285 g/mol. The number of aromatic nitrogens is 2. The SMILES string of the molecule is CCC(C)(C)NC(=O)CCc1cnn(-c2ccccc2)c1. The van der Waals surface area contributed by atoms with E-state index in [0.717, 1.165) is 17.7 Å². The lowest BCUT2D eigenvalue weighted by Gasteiger charge is -2.24. The number of amides is 1. The van der Waals surface area contributed by atoms with Crippen molar-refractivity contribution < 1.29 is 4.79 Å². The molecule has 0 aliphatic carbocycles. The molecule has 0 unspecified atom stereocenters. The Labute approximate surface area is 126 Å². The Balaban J connectivity index is 1.90. The average molecular weight is 285 g/mol. The maximum Gasteiger partial charge on any atom is 0.220 e. The summed E-state index contributed by atoms with van der Waals surface area (Å²) in [5.74, 6) is 0.0920. The Kier molecular flexibility index (Phi) is 4.78. The lowest BCUT2D eigenvalue weighted by Crippen LogP contribution is -2.42. The Morgan fingerprint density at radius 1 is 1.29 bits per heavy atom. The molecule has 0 aliphatic rings. The summed E-state index contributed by atoms with van der Waals surface area (Å²) in [6.07, 6.45) is 5.92. The van der Waals surface area contributed by atoms with Crippen molar-refractivity contribution in [2.45, 2.75) is 45.6 Å². The first-order valence-electron chi connectivity index (χ1n) is 7.40. The molecule has 112 valence electrons. The second-order valence-electron chi connectivity index (χ2n) is 5.91. The van der Waals surface area contributed by atoms with Crippen molar-refractivity contribution in [3.05, 3.63) is 48.3 Å². The van der Waals surface area contributed by atoms with E-state index in [1.807, 2.05) is 61.3 Å². The van der Waals surface area contributed by atoms with Crippen LogP contribution in [0.5, 0.6) is 0 Å². The number of nitrogens with zero attached hydrogens (tertiary/aromatic N) is 2. The zero-order chi connectivity index (χ0) is 15.3. The number of hydrogen-bond donors (Lipinski definition) is 1. The highest BCUT2D eigenvalue weighted by Gasteiger charge is 2.17. The van der Waals surface area contributed by atoms with Gasteiger partial charge in [-0.3, -0.25) is 4.79 Å². The number of carbonyl (C=O) groups excluding carboxylic acids is 1. The van der Waals surface area contributed by atoms with Gasteiger partial charge in [0.1, 0.15) is 0 Å². The van der Waals surface area contributed by atoms with Crippen molar-refractivity contribution in [1.82, 2.24) is 15.1 Å². The molecular formula is C17H23N3O. The Morgan fingerprint density at radius 2 is 2.00 bits per heavy atom. The number of rotatable bonds is 6. The van der Waals surface area contributed by atoms with Crippen molar-refractivity contribution >= 4 is 5.91 Å². The summed E-state index contributed by atoms with van der Waals surface area (Å²) < 4.78 is 1.84. The van der Waals surface area contributed by atoms with Crippen LogP contribution in [0.1, 0.15) is 39.2 Å². The second-order valence-corrected chi connectivity index (χ2v) is 5.91. The lowest BCUT2D eigenvalue weighted by molar-refractivity contribution is -0.122. The topological polar surface area (TPSA) is 46.9 Å². The minimum absolute atomic E-state index is 0.0920. The van der Waals surface area contributed by atoms with Crippen LogP contribution < -0.4 is 5.32 Å². The Bertz CT molecular complexity index is 587. The van der Waals surface area contributed by atoms with Gasteiger partial charge in [-0.1, -0.05) is 25.1 Å². The molecule has 1 amide bonds. The van der Waals surface area contributed by atoms with Crippen LogP contribution in [0.4, 0.5) is 0 Å². The van der Waals surface area contributed by atoms with Crippen LogP contribution in [-0.4, -0.2) is 21.2 Å². The first-order chi connectivity index (χ1) is 10.00. The molecule has 0 saturated heterocycles. The third-order valence-electron chi connectivity index (χ3n) is 3.66. The highest BCUT2D eigenvalue weighted by molar-refractivity contribution is 5.76. The summed E-state index contributed by atoms with van der Waals surface area (Å²) >= 11 is 0. The maximum atomic E-state index is 11.9. The van der Waals surface area contributed by atoms with Gasteiger partial charge in [-0.05, 0) is 44.4 Å². The first kappa shape index (κ1) is 15.3. The molecule has 1 aromatic carbocycles. The van der Waals surface area contributed by atoms with Crippen molar-refractivity contribution in [1.29, 1.82) is 0 Å². The largest absolute Gasteiger partial charge is 0.351 e. The number of aryl methyl sites for hydroxylation is 1. The van der Waals surface area contributed by atoms with E-state index in [-0.39, 0.29) is 11.4 Å². The summed E-state index contributed by atoms with van der Waals surface area (Å²) in [5.41, 5.74) is 1.97. The van der Waals surface area contributed by atoms with Gasteiger partial charge in [0.05, 0.1) is 11.9 Å². The fourth-order valence-corrected chi connectivity index (χ4v) is 2.00. The van der Waals surface area contributed by atoms with E-state index in [4.69, 9.17) is 0 Å². The van der Waals surface area contributed by atoms with E-state index < -0.39 is 0 Å². The molecule has 2 rings (SSSR count). The van der Waals surface area contributed by atoms with Gasteiger partial charge in [0, 0.05) is 18.2 Å². The lowest BCUT2D eigenvalue weighted by atomic mass is 10.0. The summed E-state index contributed by atoms with van der Waals surface area (Å²) in [5, 5.41) is 7.39. The third kappa shape index (κ3) is 4.45. The third-order valence-corrected chi connectivity index (χ3v) is 3.66. The molecule has 0 fully saturated rings. The van der Waals surface area contributed by atoms with Crippen molar-refractivity contribution in [2.24, 2.45) is 0 Å². The fourth-order valence-electron chi connectivity index (χ4n) is 2.00. The van der Waals surface area contributed by atoms with E-state index >= 15 is 0 Å². The molecule has 0 saturated carbocycles. The standard InChI is InChI=1S/C17H23N3O/c1-4-17(2,3)19-16(21)11-10-14-12-18-20(13-14)15-8-6-5-7-9-15/h5-9,12-13H,4,10-11H2,1-3H3,(H,19,21). The molecule has 0 radical (unpaired) electrons. The van der Waals surface area contributed by atoms with Crippen LogP contribution in [0.2, 0.25) is 0 Å². The normalized spacial score (nSPS) is 11.4. The van der Waals surface area contributed by atoms with Gasteiger partial charge in [0.15, 0.2) is 0 Å². The zero-order valence-electron chi connectivity index (χ0n) is 13.0. The summed E-state index contributed by atoms with van der Waals surface area (Å²) in [4.78, 5) is 11.9. The van der Waals surface area contributed by atoms with Gasteiger partial charge in [0.25, 0.3) is 0 Å². The summed E-state index contributed by atoms with van der Waals surface area (Å²) in [6.45, 7) is 6.15. The molecular weight excluding hydrogens is 262 g/mol. The summed E-state index contributed by atoms with van der Waals surface area (Å²) in [7, 11) is 0. The van der Waals surface area contributed by atoms with Crippen LogP contribution in [0.25, 0.3) is 5.69 Å². The number of nitrogens with one attached hydrogen (secondary N) is 1. The molecule has 21 heavy (non-hydrogen) atoms. The molecule has 2 aromatic rings. The van der Waals surface area contributed by atoms with Gasteiger partial charge in [-0.2, -0.15) is 5.10 Å². The molecule has 0 spiro atoms. The number of carbonyl (C=O) groups is 1.